The molecule has 2 aromatic rings. The van der Waals surface area contributed by atoms with Crippen molar-refractivity contribution in [3.8, 4) is 11.4 Å². The molecule has 0 aliphatic heterocycles. The Bertz CT molecular complexity index is 533. The number of hydrogen-bond donors (Lipinski definition) is 1. The van der Waals surface area contributed by atoms with Gasteiger partial charge in [-0.2, -0.15) is 0 Å². The molecule has 0 fully saturated rings. The van der Waals surface area contributed by atoms with E-state index in [-0.39, 0.29) is 6.03 Å². The monoisotopic (exact) mass is 258 g/mol. The lowest BCUT2D eigenvalue weighted by atomic mass is 10.1. The highest BCUT2D eigenvalue weighted by Crippen LogP contribution is 2.12. The van der Waals surface area contributed by atoms with Gasteiger partial charge in [0.2, 0.25) is 0 Å². The summed E-state index contributed by atoms with van der Waals surface area (Å²) in [5.41, 5.74) is 1.45. The second-order valence-corrected chi connectivity index (χ2v) is 4.80. The highest BCUT2D eigenvalue weighted by molar-refractivity contribution is 5.77. The van der Waals surface area contributed by atoms with Crippen LogP contribution in [0.25, 0.3) is 11.4 Å². The summed E-state index contributed by atoms with van der Waals surface area (Å²) in [5.74, 6) is 0.576. The van der Waals surface area contributed by atoms with Crippen LogP contribution in [0.3, 0.4) is 0 Å². The van der Waals surface area contributed by atoms with E-state index in [9.17, 15) is 4.79 Å². The van der Waals surface area contributed by atoms with Gasteiger partial charge in [0.1, 0.15) is 12.0 Å². The molecule has 1 N–H and O–H groups in total. The fourth-order valence-electron chi connectivity index (χ4n) is 1.64. The van der Waals surface area contributed by atoms with Crippen molar-refractivity contribution in [2.45, 2.75) is 20.3 Å². The molecule has 0 saturated heterocycles. The van der Waals surface area contributed by atoms with Crippen molar-refractivity contribution in [3.63, 3.8) is 0 Å². The molecule has 0 bridgehead atoms. The Balaban J connectivity index is 1.99. The minimum absolute atomic E-state index is 0.157. The van der Waals surface area contributed by atoms with Gasteiger partial charge in [-0.15, -0.1) is 0 Å². The van der Waals surface area contributed by atoms with Gasteiger partial charge in [-0.05, 0) is 24.5 Å². The molecule has 0 aliphatic carbocycles. The maximum absolute atomic E-state index is 11.9. The van der Waals surface area contributed by atoms with E-state index in [1.807, 2.05) is 18.2 Å². The van der Waals surface area contributed by atoms with E-state index in [0.29, 0.717) is 18.2 Å². The highest BCUT2D eigenvalue weighted by Gasteiger charge is 2.08. The number of hydrogen-bond acceptors (Lipinski definition) is 3. The molecule has 100 valence electrons. The predicted octanol–water partition coefficient (Wildman–Crippen LogP) is 2.55. The van der Waals surface area contributed by atoms with E-state index < -0.39 is 0 Å². The van der Waals surface area contributed by atoms with Crippen molar-refractivity contribution in [2.75, 3.05) is 6.54 Å². The first-order chi connectivity index (χ1) is 9.16. The predicted molar refractivity (Wildman–Crippen MR) is 73.7 cm³/mol. The molecule has 0 unspecified atom stereocenters. The first-order valence-electron chi connectivity index (χ1n) is 6.40. The summed E-state index contributed by atoms with van der Waals surface area (Å²) in [6.07, 6.45) is 5.87. The van der Waals surface area contributed by atoms with E-state index >= 15 is 0 Å². The molecule has 0 radical (unpaired) electrons. The lowest BCUT2D eigenvalue weighted by Crippen LogP contribution is -2.29. The SMILES string of the molecule is CC(C)CCNC(=O)n1cnc(-c2ccccn2)c1. The first kappa shape index (κ1) is 13.3. The van der Waals surface area contributed by atoms with Crippen molar-refractivity contribution in [3.05, 3.63) is 36.9 Å². The van der Waals surface area contributed by atoms with E-state index in [1.165, 1.54) is 10.9 Å². The summed E-state index contributed by atoms with van der Waals surface area (Å²) in [6.45, 7) is 4.93. The summed E-state index contributed by atoms with van der Waals surface area (Å²) in [4.78, 5) is 20.3. The third-order valence-electron chi connectivity index (χ3n) is 2.74. The van der Waals surface area contributed by atoms with Crippen molar-refractivity contribution >= 4 is 6.03 Å². The van der Waals surface area contributed by atoms with Gasteiger partial charge in [-0.1, -0.05) is 19.9 Å². The van der Waals surface area contributed by atoms with Crippen molar-refractivity contribution in [1.82, 2.24) is 19.9 Å². The van der Waals surface area contributed by atoms with Gasteiger partial charge in [-0.25, -0.2) is 9.78 Å². The molecule has 2 rings (SSSR count). The minimum atomic E-state index is -0.157. The molecule has 0 spiro atoms. The lowest BCUT2D eigenvalue weighted by Gasteiger charge is -2.06. The van der Waals surface area contributed by atoms with Crippen LogP contribution in [0.5, 0.6) is 0 Å². The Kier molecular flexibility index (Phi) is 4.28. The van der Waals surface area contributed by atoms with E-state index in [0.717, 1.165) is 12.1 Å². The summed E-state index contributed by atoms with van der Waals surface area (Å²) in [7, 11) is 0. The Morgan fingerprint density at radius 3 is 2.84 bits per heavy atom. The van der Waals surface area contributed by atoms with Crippen LogP contribution >= 0.6 is 0 Å². The molecule has 0 aliphatic rings. The maximum atomic E-state index is 11.9. The molecule has 5 heteroatoms. The van der Waals surface area contributed by atoms with Gasteiger partial charge >= 0.3 is 6.03 Å². The van der Waals surface area contributed by atoms with Gasteiger partial charge in [0.25, 0.3) is 0 Å². The number of nitrogens with one attached hydrogen (secondary N) is 1. The first-order valence-corrected chi connectivity index (χ1v) is 6.40. The quantitative estimate of drug-likeness (QED) is 0.916. The number of carbonyl (C=O) groups is 1. The Morgan fingerprint density at radius 1 is 1.32 bits per heavy atom. The molecule has 5 nitrogen and oxygen atoms in total. The Morgan fingerprint density at radius 2 is 2.16 bits per heavy atom. The van der Waals surface area contributed by atoms with Gasteiger partial charge < -0.3 is 5.32 Å². The van der Waals surface area contributed by atoms with Gasteiger partial charge in [-0.3, -0.25) is 9.55 Å². The van der Waals surface area contributed by atoms with Crippen LogP contribution in [-0.4, -0.2) is 27.1 Å². The number of rotatable bonds is 4. The van der Waals surface area contributed by atoms with Crippen LogP contribution in [0, 0.1) is 5.92 Å². The summed E-state index contributed by atoms with van der Waals surface area (Å²) >= 11 is 0. The van der Waals surface area contributed by atoms with Crippen molar-refractivity contribution < 1.29 is 4.79 Å². The molecule has 0 atom stereocenters. The van der Waals surface area contributed by atoms with Crippen LogP contribution < -0.4 is 5.32 Å². The third kappa shape index (κ3) is 3.64. The highest BCUT2D eigenvalue weighted by atomic mass is 16.2. The molecule has 2 aromatic heterocycles. The topological polar surface area (TPSA) is 59.8 Å². The zero-order chi connectivity index (χ0) is 13.7. The van der Waals surface area contributed by atoms with E-state index in [2.05, 4.69) is 29.1 Å². The van der Waals surface area contributed by atoms with Gasteiger partial charge in [0.15, 0.2) is 0 Å². The largest absolute Gasteiger partial charge is 0.337 e. The minimum Gasteiger partial charge on any atom is -0.337 e. The molecule has 0 saturated carbocycles. The van der Waals surface area contributed by atoms with E-state index in [1.54, 1.807) is 12.4 Å². The van der Waals surface area contributed by atoms with Crippen LogP contribution in [0.1, 0.15) is 20.3 Å². The number of pyridine rings is 1. The third-order valence-corrected chi connectivity index (χ3v) is 2.74. The summed E-state index contributed by atoms with van der Waals surface area (Å²) in [6, 6.07) is 5.45. The maximum Gasteiger partial charge on any atom is 0.326 e. The molecule has 1 amide bonds. The van der Waals surface area contributed by atoms with Crippen LogP contribution in [0.15, 0.2) is 36.9 Å². The van der Waals surface area contributed by atoms with Crippen LogP contribution in [0.4, 0.5) is 4.79 Å². The van der Waals surface area contributed by atoms with Crippen molar-refractivity contribution in [2.24, 2.45) is 5.92 Å². The normalized spacial score (nSPS) is 10.7. The number of amides is 1. The fraction of sp³-hybridized carbons (Fsp3) is 0.357. The summed E-state index contributed by atoms with van der Waals surface area (Å²) < 4.78 is 1.45. The molecule has 19 heavy (non-hydrogen) atoms. The molecule has 0 aromatic carbocycles. The van der Waals surface area contributed by atoms with Crippen molar-refractivity contribution in [1.29, 1.82) is 0 Å². The second kappa shape index (κ2) is 6.13. The van der Waals surface area contributed by atoms with Gasteiger partial charge in [0, 0.05) is 18.9 Å². The average Bonchev–Trinajstić information content (AvgIpc) is 2.89. The number of nitrogens with zero attached hydrogens (tertiary/aromatic N) is 3. The zero-order valence-electron chi connectivity index (χ0n) is 11.2. The average molecular weight is 258 g/mol. The number of carbonyl (C=O) groups excluding carboxylic acids is 1. The van der Waals surface area contributed by atoms with Crippen LogP contribution in [-0.2, 0) is 0 Å². The van der Waals surface area contributed by atoms with Crippen LogP contribution in [0.2, 0.25) is 0 Å². The van der Waals surface area contributed by atoms with Gasteiger partial charge in [0.05, 0.1) is 5.69 Å². The Labute approximate surface area is 112 Å². The number of imidazole rings is 1. The molecular formula is C14H18N4O. The van der Waals surface area contributed by atoms with E-state index in [4.69, 9.17) is 0 Å². The fourth-order valence-corrected chi connectivity index (χ4v) is 1.64. The second-order valence-electron chi connectivity index (χ2n) is 4.80. The Hall–Kier alpha value is -2.17. The summed E-state index contributed by atoms with van der Waals surface area (Å²) in [5, 5.41) is 2.86. The lowest BCUT2D eigenvalue weighted by molar-refractivity contribution is 0.242. The zero-order valence-corrected chi connectivity index (χ0v) is 11.2. The molecular weight excluding hydrogens is 240 g/mol. The molecule has 2 heterocycles. The number of aromatic nitrogens is 3. The standard InChI is InChI=1S/C14H18N4O/c1-11(2)6-8-16-14(19)18-9-13(17-10-18)12-5-3-4-7-15-12/h3-5,7,9-11H,6,8H2,1-2H3,(H,16,19). The smallest absolute Gasteiger partial charge is 0.326 e.